The third-order valence-corrected chi connectivity index (χ3v) is 5.09. The minimum absolute atomic E-state index is 0.0356. The molecule has 122 valence electrons. The van der Waals surface area contributed by atoms with Crippen LogP contribution in [0.5, 0.6) is 0 Å². The van der Waals surface area contributed by atoms with Gasteiger partial charge in [-0.25, -0.2) is 13.8 Å². The van der Waals surface area contributed by atoms with Gasteiger partial charge >= 0.3 is 0 Å². The molecule has 1 amide bonds. The van der Waals surface area contributed by atoms with Gasteiger partial charge in [-0.1, -0.05) is 19.1 Å². The summed E-state index contributed by atoms with van der Waals surface area (Å²) in [6.45, 7) is 3.94. The van der Waals surface area contributed by atoms with Crippen LogP contribution in [-0.2, 0) is 17.8 Å². The van der Waals surface area contributed by atoms with Crippen molar-refractivity contribution >= 4 is 17.7 Å². The molecule has 23 heavy (non-hydrogen) atoms. The van der Waals surface area contributed by atoms with Gasteiger partial charge in [0.05, 0.1) is 18.0 Å². The number of halogens is 2. The first-order valence-electron chi connectivity index (χ1n) is 7.40. The van der Waals surface area contributed by atoms with Crippen LogP contribution in [0.3, 0.4) is 0 Å². The van der Waals surface area contributed by atoms with Gasteiger partial charge in [-0.05, 0) is 13.0 Å². The second-order valence-electron chi connectivity index (χ2n) is 5.45. The highest BCUT2D eigenvalue weighted by molar-refractivity contribution is 8.00. The lowest BCUT2D eigenvalue weighted by molar-refractivity contribution is -0.128. The van der Waals surface area contributed by atoms with Crippen molar-refractivity contribution in [3.8, 4) is 0 Å². The number of nitrogens with zero attached hydrogens (tertiary/aromatic N) is 2. The van der Waals surface area contributed by atoms with Gasteiger partial charge in [0.2, 0.25) is 5.91 Å². The maximum Gasteiger partial charge on any atom is 0.234 e. The van der Waals surface area contributed by atoms with Crippen molar-refractivity contribution < 1.29 is 13.6 Å². The molecule has 1 aliphatic rings. The van der Waals surface area contributed by atoms with E-state index in [0.717, 1.165) is 29.7 Å². The van der Waals surface area contributed by atoms with Crippen LogP contribution in [-0.4, -0.2) is 26.5 Å². The lowest BCUT2D eigenvalue weighted by atomic mass is 10.2. The monoisotopic (exact) mass is 337 g/mol. The number of aryl methyl sites for hydroxylation is 2. The van der Waals surface area contributed by atoms with Crippen molar-refractivity contribution in [2.45, 2.75) is 32.2 Å². The number of benzene rings is 1. The molecule has 7 heteroatoms. The first-order valence-corrected chi connectivity index (χ1v) is 8.45. The number of hydrogen-bond donors (Lipinski definition) is 1. The zero-order valence-electron chi connectivity index (χ0n) is 12.9. The molecule has 0 radical (unpaired) electrons. The molecule has 2 heterocycles. The summed E-state index contributed by atoms with van der Waals surface area (Å²) >= 11 is 1.46. The predicted molar refractivity (Wildman–Crippen MR) is 84.8 cm³/mol. The number of thioether (sulfide) groups is 1. The van der Waals surface area contributed by atoms with Gasteiger partial charge < -0.3 is 9.88 Å². The number of aromatic nitrogens is 2. The summed E-state index contributed by atoms with van der Waals surface area (Å²) in [7, 11) is 0. The van der Waals surface area contributed by atoms with E-state index in [1.807, 2.05) is 13.8 Å². The quantitative estimate of drug-likeness (QED) is 0.931. The summed E-state index contributed by atoms with van der Waals surface area (Å²) in [6, 6.07) is 4.02. The fourth-order valence-corrected chi connectivity index (χ4v) is 3.88. The van der Waals surface area contributed by atoms with E-state index in [9.17, 15) is 13.6 Å². The summed E-state index contributed by atoms with van der Waals surface area (Å²) in [4.78, 5) is 21.5. The van der Waals surface area contributed by atoms with Crippen molar-refractivity contribution in [1.29, 1.82) is 0 Å². The van der Waals surface area contributed by atoms with Crippen molar-refractivity contribution in [2.24, 2.45) is 0 Å². The molecule has 0 aliphatic carbocycles. The van der Waals surface area contributed by atoms with Gasteiger partial charge in [0.25, 0.3) is 0 Å². The summed E-state index contributed by atoms with van der Waals surface area (Å²) in [5.41, 5.74) is 1.86. The molecule has 1 unspecified atom stereocenters. The van der Waals surface area contributed by atoms with E-state index < -0.39 is 11.6 Å². The van der Waals surface area contributed by atoms with E-state index >= 15 is 0 Å². The molecular formula is C16H17F2N3OS. The van der Waals surface area contributed by atoms with Crippen LogP contribution in [0, 0.1) is 18.6 Å². The third-order valence-electron chi connectivity index (χ3n) is 3.88. The normalized spacial score (nSPS) is 18.0. The van der Waals surface area contributed by atoms with Crippen LogP contribution in [0.15, 0.2) is 18.2 Å². The average molecular weight is 337 g/mol. The van der Waals surface area contributed by atoms with Crippen molar-refractivity contribution in [1.82, 2.24) is 14.9 Å². The number of aromatic amines is 1. The van der Waals surface area contributed by atoms with E-state index in [1.165, 1.54) is 23.9 Å². The van der Waals surface area contributed by atoms with E-state index in [-0.39, 0.29) is 23.4 Å². The number of carbonyl (C=O) groups excluding carboxylic acids is 1. The Balaban J connectivity index is 1.91. The largest absolute Gasteiger partial charge is 0.346 e. The van der Waals surface area contributed by atoms with Gasteiger partial charge in [-0.3, -0.25) is 4.79 Å². The number of hydrogen-bond acceptors (Lipinski definition) is 3. The zero-order chi connectivity index (χ0) is 16.6. The highest BCUT2D eigenvalue weighted by Crippen LogP contribution is 2.40. The topological polar surface area (TPSA) is 49.0 Å². The molecular weight excluding hydrogens is 320 g/mol. The molecule has 0 saturated carbocycles. The molecule has 1 aliphatic heterocycles. The average Bonchev–Trinajstić information content (AvgIpc) is 3.07. The molecule has 1 aromatic carbocycles. The maximum absolute atomic E-state index is 13.9. The first-order chi connectivity index (χ1) is 11.0. The van der Waals surface area contributed by atoms with Gasteiger partial charge in [0.15, 0.2) is 11.6 Å². The Morgan fingerprint density at radius 1 is 1.43 bits per heavy atom. The lowest BCUT2D eigenvalue weighted by Gasteiger charge is -2.23. The molecule has 4 nitrogen and oxygen atoms in total. The minimum atomic E-state index is -0.900. The van der Waals surface area contributed by atoms with Crippen LogP contribution in [0.2, 0.25) is 0 Å². The maximum atomic E-state index is 13.9. The Hall–Kier alpha value is -1.89. The van der Waals surface area contributed by atoms with Crippen LogP contribution in [0.1, 0.15) is 35.1 Å². The number of imidazole rings is 1. The molecule has 1 N–H and O–H groups in total. The van der Waals surface area contributed by atoms with Crippen molar-refractivity contribution in [3.05, 3.63) is 52.6 Å². The number of amides is 1. The summed E-state index contributed by atoms with van der Waals surface area (Å²) in [6.07, 6.45) is 0.769. The smallest absolute Gasteiger partial charge is 0.234 e. The van der Waals surface area contributed by atoms with Crippen molar-refractivity contribution in [2.75, 3.05) is 5.75 Å². The Bertz CT molecular complexity index is 747. The van der Waals surface area contributed by atoms with E-state index in [0.29, 0.717) is 5.75 Å². The van der Waals surface area contributed by atoms with E-state index in [2.05, 4.69) is 9.97 Å². The highest BCUT2D eigenvalue weighted by atomic mass is 32.2. The number of rotatable bonds is 4. The molecule has 3 rings (SSSR count). The molecule has 0 bridgehead atoms. The van der Waals surface area contributed by atoms with Gasteiger partial charge in [0.1, 0.15) is 11.2 Å². The molecule has 0 spiro atoms. The minimum Gasteiger partial charge on any atom is -0.346 e. The Labute approximate surface area is 137 Å². The number of nitrogens with one attached hydrogen (secondary N) is 1. The van der Waals surface area contributed by atoms with E-state index in [4.69, 9.17) is 0 Å². The molecule has 1 fully saturated rings. The Morgan fingerprint density at radius 3 is 2.91 bits per heavy atom. The van der Waals surface area contributed by atoms with Gasteiger partial charge in [-0.2, -0.15) is 0 Å². The fourth-order valence-electron chi connectivity index (χ4n) is 2.65. The molecule has 1 atom stereocenters. The number of H-pyrrole nitrogens is 1. The second kappa shape index (κ2) is 6.31. The Morgan fingerprint density at radius 2 is 2.22 bits per heavy atom. The van der Waals surface area contributed by atoms with Crippen LogP contribution >= 0.6 is 11.8 Å². The van der Waals surface area contributed by atoms with Gasteiger partial charge in [-0.15, -0.1) is 11.8 Å². The van der Waals surface area contributed by atoms with Crippen LogP contribution in [0.25, 0.3) is 0 Å². The Kier molecular flexibility index (Phi) is 4.39. The predicted octanol–water partition coefficient (Wildman–Crippen LogP) is 3.33. The number of carbonyl (C=O) groups is 1. The SMILES string of the molecule is CCc1nc(C2SCC(=O)N2Cc2cccc(F)c2F)c(C)[nH]1. The summed E-state index contributed by atoms with van der Waals surface area (Å²) < 4.78 is 27.3. The van der Waals surface area contributed by atoms with Crippen molar-refractivity contribution in [3.63, 3.8) is 0 Å². The van der Waals surface area contributed by atoms with E-state index in [1.54, 1.807) is 4.90 Å². The third kappa shape index (κ3) is 2.97. The molecule has 2 aromatic rings. The van der Waals surface area contributed by atoms with Crippen LogP contribution < -0.4 is 0 Å². The summed E-state index contributed by atoms with van der Waals surface area (Å²) in [5.74, 6) is -0.722. The first kappa shape index (κ1) is 16.0. The highest BCUT2D eigenvalue weighted by Gasteiger charge is 2.36. The van der Waals surface area contributed by atoms with Crippen LogP contribution in [0.4, 0.5) is 8.78 Å². The lowest BCUT2D eigenvalue weighted by Crippen LogP contribution is -2.28. The summed E-state index contributed by atoms with van der Waals surface area (Å²) in [5, 5.41) is -0.276. The second-order valence-corrected chi connectivity index (χ2v) is 6.51. The van der Waals surface area contributed by atoms with Gasteiger partial charge in [0, 0.05) is 17.7 Å². The standard InChI is InChI=1S/C16H17F2N3OS/c1-3-12-19-9(2)15(20-12)16-21(13(22)8-23-16)7-10-5-4-6-11(17)14(10)18/h4-6,16H,3,7-8H2,1-2H3,(H,19,20). The molecule has 1 aromatic heterocycles. The molecule has 1 saturated heterocycles. The fraction of sp³-hybridized carbons (Fsp3) is 0.375. The zero-order valence-corrected chi connectivity index (χ0v) is 13.7.